The number of rotatable bonds is 6. The molecule has 1 amide bonds. The van der Waals surface area contributed by atoms with Crippen molar-refractivity contribution in [3.05, 3.63) is 78.0 Å². The number of nitrogens with one attached hydrogen (secondary N) is 1. The average molecular weight is 463 g/mol. The lowest BCUT2D eigenvalue weighted by molar-refractivity contribution is 0.0912. The number of carbonyl (C=O) groups is 1. The number of aliphatic hydroxyl groups excluding tert-OH is 1. The molecule has 33 heavy (non-hydrogen) atoms. The molecule has 0 aliphatic carbocycles. The fourth-order valence-corrected chi connectivity index (χ4v) is 4.12. The third-order valence-corrected chi connectivity index (χ3v) is 5.97. The summed E-state index contributed by atoms with van der Waals surface area (Å²) in [4.78, 5) is 16.9. The molecule has 0 aliphatic rings. The second-order valence-corrected chi connectivity index (χ2v) is 8.89. The number of pyridine rings is 1. The van der Waals surface area contributed by atoms with Gasteiger partial charge in [-0.2, -0.15) is 0 Å². The number of aliphatic hydroxyl groups is 1. The molecule has 0 aliphatic heterocycles. The Hall–Kier alpha value is -3.89. The van der Waals surface area contributed by atoms with Crippen molar-refractivity contribution < 1.29 is 14.3 Å². The van der Waals surface area contributed by atoms with Crippen molar-refractivity contribution in [1.29, 1.82) is 0 Å². The van der Waals surface area contributed by atoms with Crippen molar-refractivity contribution in [2.75, 3.05) is 12.3 Å². The van der Waals surface area contributed by atoms with Gasteiger partial charge in [0.15, 0.2) is 5.82 Å². The monoisotopic (exact) mass is 462 g/mol. The number of aryl methyl sites for hydroxylation is 1. The number of aromatic nitrogens is 4. The highest BCUT2D eigenvalue weighted by Gasteiger charge is 2.19. The Balaban J connectivity index is 1.61. The van der Waals surface area contributed by atoms with E-state index in [1.165, 1.54) is 12.1 Å². The number of nitrogens with two attached hydrogens (primary N) is 1. The molecule has 0 saturated carbocycles. The summed E-state index contributed by atoms with van der Waals surface area (Å²) in [5.41, 5.74) is 8.34. The van der Waals surface area contributed by atoms with Crippen LogP contribution in [-0.2, 0) is 7.05 Å². The summed E-state index contributed by atoms with van der Waals surface area (Å²) in [7, 11) is 2.65. The van der Waals surface area contributed by atoms with Crippen LogP contribution in [0.3, 0.4) is 0 Å². The topological polar surface area (TPSA) is 119 Å². The maximum atomic E-state index is 15.0. The minimum Gasteiger partial charge on any atom is -0.394 e. The van der Waals surface area contributed by atoms with E-state index in [0.29, 0.717) is 22.5 Å². The lowest BCUT2D eigenvalue weighted by Crippen LogP contribution is -2.31. The summed E-state index contributed by atoms with van der Waals surface area (Å²) in [6.45, 7) is -0.298. The molecule has 4 N–H and O–H groups in total. The van der Waals surface area contributed by atoms with Crippen LogP contribution in [0.5, 0.6) is 0 Å². The van der Waals surface area contributed by atoms with Gasteiger partial charge in [-0.15, -0.1) is 10.2 Å². The Kier molecular flexibility index (Phi) is 6.29. The van der Waals surface area contributed by atoms with Gasteiger partial charge in [0.2, 0.25) is 0 Å². The van der Waals surface area contributed by atoms with E-state index in [-0.39, 0.29) is 18.0 Å². The van der Waals surface area contributed by atoms with E-state index < -0.39 is 17.8 Å². The van der Waals surface area contributed by atoms with Gasteiger partial charge in [0.25, 0.3) is 5.91 Å². The third-order valence-electron chi connectivity index (χ3n) is 5.35. The maximum Gasteiger partial charge on any atom is 0.254 e. The SMILES string of the molecule is Cn1cnnc1-c1cnc(N)c(-c2ccc(C(=O)N[C@H](CO)c3cccc([SiH3])c3)c(F)c2)c1. The Bertz CT molecular complexity index is 1330. The van der Waals surface area contributed by atoms with E-state index in [4.69, 9.17) is 5.73 Å². The van der Waals surface area contributed by atoms with Crippen LogP contribution >= 0.6 is 0 Å². The second-order valence-electron chi connectivity index (χ2n) is 7.74. The predicted molar refractivity (Wildman–Crippen MR) is 127 cm³/mol. The van der Waals surface area contributed by atoms with Gasteiger partial charge < -0.3 is 20.7 Å². The van der Waals surface area contributed by atoms with Crippen LogP contribution in [0.2, 0.25) is 0 Å². The zero-order valence-electron chi connectivity index (χ0n) is 18.2. The first kappa shape index (κ1) is 22.3. The molecule has 0 bridgehead atoms. The molecule has 0 fully saturated rings. The Morgan fingerprint density at radius 3 is 2.73 bits per heavy atom. The molecule has 4 aromatic rings. The number of benzene rings is 2. The highest BCUT2D eigenvalue weighted by molar-refractivity contribution is 6.32. The van der Waals surface area contributed by atoms with Crippen LogP contribution in [0.25, 0.3) is 22.5 Å². The molecule has 0 unspecified atom stereocenters. The van der Waals surface area contributed by atoms with Gasteiger partial charge in [0, 0.05) is 34.6 Å². The summed E-state index contributed by atoms with van der Waals surface area (Å²) in [5.74, 6) is -0.507. The number of carbonyl (C=O) groups excluding carboxylic acids is 1. The number of anilines is 1. The maximum absolute atomic E-state index is 15.0. The van der Waals surface area contributed by atoms with Gasteiger partial charge in [-0.3, -0.25) is 4.79 Å². The molecule has 0 saturated heterocycles. The average Bonchev–Trinajstić information content (AvgIpc) is 3.23. The van der Waals surface area contributed by atoms with Crippen molar-refractivity contribution in [3.8, 4) is 22.5 Å². The second kappa shape index (κ2) is 9.31. The number of amides is 1. The zero-order chi connectivity index (χ0) is 23.5. The van der Waals surface area contributed by atoms with Crippen LogP contribution in [0.15, 0.2) is 61.1 Å². The summed E-state index contributed by atoms with van der Waals surface area (Å²) >= 11 is 0. The fraction of sp³-hybridized carbons (Fsp3) is 0.130. The van der Waals surface area contributed by atoms with Gasteiger partial charge in [0.1, 0.15) is 18.0 Å². The zero-order valence-corrected chi connectivity index (χ0v) is 20.2. The summed E-state index contributed by atoms with van der Waals surface area (Å²) in [6, 6.07) is 13.0. The molecule has 2 aromatic carbocycles. The summed E-state index contributed by atoms with van der Waals surface area (Å²) in [6.07, 6.45) is 3.14. The van der Waals surface area contributed by atoms with Gasteiger partial charge >= 0.3 is 0 Å². The predicted octanol–water partition coefficient (Wildman–Crippen LogP) is 0.720. The molecule has 2 heterocycles. The Morgan fingerprint density at radius 2 is 2.06 bits per heavy atom. The van der Waals surface area contributed by atoms with Crippen molar-refractivity contribution >= 4 is 27.2 Å². The molecule has 2 aromatic heterocycles. The van der Waals surface area contributed by atoms with Gasteiger partial charge in [0.05, 0.1) is 18.2 Å². The lowest BCUT2D eigenvalue weighted by atomic mass is 10.0. The van der Waals surface area contributed by atoms with Crippen molar-refractivity contribution in [2.24, 2.45) is 7.05 Å². The fourth-order valence-electron chi connectivity index (χ4n) is 3.60. The van der Waals surface area contributed by atoms with E-state index >= 15 is 0 Å². The van der Waals surface area contributed by atoms with Gasteiger partial charge in [-0.05, 0) is 29.3 Å². The van der Waals surface area contributed by atoms with Crippen LogP contribution < -0.4 is 16.2 Å². The molecule has 0 spiro atoms. The number of hydrogen-bond acceptors (Lipinski definition) is 6. The van der Waals surface area contributed by atoms with E-state index in [1.54, 1.807) is 36.3 Å². The summed E-state index contributed by atoms with van der Waals surface area (Å²) < 4.78 is 16.7. The number of nitrogen functional groups attached to an aromatic ring is 1. The smallest absolute Gasteiger partial charge is 0.254 e. The van der Waals surface area contributed by atoms with Crippen LogP contribution in [0.4, 0.5) is 10.2 Å². The normalized spacial score (nSPS) is 12.0. The minimum atomic E-state index is -0.707. The molecular formula is C23H23FN6O2Si. The molecule has 168 valence electrons. The van der Waals surface area contributed by atoms with E-state index in [9.17, 15) is 14.3 Å². The van der Waals surface area contributed by atoms with Crippen LogP contribution in [0.1, 0.15) is 22.0 Å². The standard InChI is InChI=1S/C23H23FN6O2Si/c1-30-12-27-29-22(30)15-8-18(21(25)26-10-15)13-5-6-17(19(24)9-13)23(32)28-20(11-31)14-3-2-4-16(33)7-14/h2-10,12,20,31H,11H2,1,33H3,(H2,25,26)(H,28,32)/t20-/m1/s1. The first-order chi connectivity index (χ1) is 15.9. The number of nitrogens with zero attached hydrogens (tertiary/aromatic N) is 4. The van der Waals surface area contributed by atoms with Crippen molar-refractivity contribution in [3.63, 3.8) is 0 Å². The van der Waals surface area contributed by atoms with Gasteiger partial charge in [-0.1, -0.05) is 35.5 Å². The van der Waals surface area contributed by atoms with E-state index in [1.807, 2.05) is 24.3 Å². The Morgan fingerprint density at radius 1 is 1.24 bits per heavy atom. The largest absolute Gasteiger partial charge is 0.394 e. The summed E-state index contributed by atoms with van der Waals surface area (Å²) in [5, 5.41) is 21.5. The van der Waals surface area contributed by atoms with Crippen molar-refractivity contribution in [2.45, 2.75) is 6.04 Å². The first-order valence-corrected chi connectivity index (χ1v) is 11.3. The number of hydrogen-bond donors (Lipinski definition) is 3. The molecule has 0 radical (unpaired) electrons. The number of halogens is 1. The molecule has 10 heteroatoms. The highest BCUT2D eigenvalue weighted by Crippen LogP contribution is 2.30. The Labute approximate surface area is 192 Å². The van der Waals surface area contributed by atoms with Crippen LogP contribution in [-0.4, -0.2) is 47.6 Å². The lowest BCUT2D eigenvalue weighted by Gasteiger charge is -2.18. The third kappa shape index (κ3) is 4.66. The molecular weight excluding hydrogens is 439 g/mol. The molecule has 1 atom stereocenters. The van der Waals surface area contributed by atoms with Crippen LogP contribution in [0, 0.1) is 5.82 Å². The quantitative estimate of drug-likeness (QED) is 0.363. The van der Waals surface area contributed by atoms with Crippen molar-refractivity contribution in [1.82, 2.24) is 25.1 Å². The molecule has 4 rings (SSSR count). The highest BCUT2D eigenvalue weighted by atomic mass is 28.1. The van der Waals surface area contributed by atoms with Gasteiger partial charge in [-0.25, -0.2) is 9.37 Å². The van der Waals surface area contributed by atoms with E-state index in [2.05, 4.69) is 20.5 Å². The van der Waals surface area contributed by atoms with E-state index in [0.717, 1.165) is 21.0 Å². The minimum absolute atomic E-state index is 0.129. The first-order valence-electron chi connectivity index (χ1n) is 10.3. The molecule has 8 nitrogen and oxygen atoms in total.